The lowest BCUT2D eigenvalue weighted by Gasteiger charge is -2.12. The number of halogens is 3. The Bertz CT molecular complexity index is 650. The first-order chi connectivity index (χ1) is 10.3. The molecular formula is C14H13F3N2O3. The first kappa shape index (κ1) is 15.9. The second kappa shape index (κ2) is 6.08. The molecule has 0 N–H and O–H groups in total. The fraction of sp³-hybridized carbons (Fsp3) is 0.286. The third kappa shape index (κ3) is 3.78. The molecule has 0 saturated heterocycles. The number of aromatic nitrogens is 2. The van der Waals surface area contributed by atoms with E-state index >= 15 is 0 Å². The predicted octanol–water partition coefficient (Wildman–Crippen LogP) is 3.23. The van der Waals surface area contributed by atoms with Crippen LogP contribution < -0.4 is 9.47 Å². The normalized spacial score (nSPS) is 12.8. The van der Waals surface area contributed by atoms with Crippen LogP contribution in [-0.4, -0.2) is 29.0 Å². The Kier molecular flexibility index (Phi) is 4.39. The van der Waals surface area contributed by atoms with Crippen molar-refractivity contribution in [2.24, 2.45) is 0 Å². The van der Waals surface area contributed by atoms with Crippen molar-refractivity contribution in [3.63, 3.8) is 0 Å². The summed E-state index contributed by atoms with van der Waals surface area (Å²) in [5, 5.41) is 4.00. The van der Waals surface area contributed by atoms with E-state index in [1.165, 1.54) is 30.1 Å². The molecule has 0 fully saturated rings. The zero-order chi connectivity index (χ0) is 16.3. The minimum atomic E-state index is -4.76. The molecule has 22 heavy (non-hydrogen) atoms. The summed E-state index contributed by atoms with van der Waals surface area (Å²) in [6, 6.07) is 4.13. The molecular weight excluding hydrogens is 301 g/mol. The molecule has 2 aromatic rings. The number of hydrogen-bond donors (Lipinski definition) is 0. The van der Waals surface area contributed by atoms with Gasteiger partial charge in [-0.25, -0.2) is 0 Å². The van der Waals surface area contributed by atoms with Crippen molar-refractivity contribution < 1.29 is 27.4 Å². The average molecular weight is 314 g/mol. The SMILES string of the molecule is COc1cnn([C@@H](C)C(=O)c2ccc(OC(F)(F)F)cc2)c1. The topological polar surface area (TPSA) is 53.4 Å². The van der Waals surface area contributed by atoms with Crippen molar-refractivity contribution in [1.29, 1.82) is 0 Å². The molecule has 0 bridgehead atoms. The van der Waals surface area contributed by atoms with Crippen LogP contribution in [0.3, 0.4) is 0 Å². The molecule has 0 amide bonds. The van der Waals surface area contributed by atoms with Gasteiger partial charge in [-0.3, -0.25) is 9.48 Å². The molecule has 0 aliphatic carbocycles. The molecule has 0 aliphatic heterocycles. The predicted molar refractivity (Wildman–Crippen MR) is 70.9 cm³/mol. The number of carbonyl (C=O) groups is 1. The minimum Gasteiger partial charge on any atom is -0.493 e. The summed E-state index contributed by atoms with van der Waals surface area (Å²) < 4.78 is 46.4. The van der Waals surface area contributed by atoms with E-state index in [1.807, 2.05) is 0 Å². The highest BCUT2D eigenvalue weighted by Gasteiger charge is 2.31. The first-order valence-corrected chi connectivity index (χ1v) is 6.28. The second-order valence-electron chi connectivity index (χ2n) is 4.47. The van der Waals surface area contributed by atoms with E-state index in [2.05, 4.69) is 9.84 Å². The lowest BCUT2D eigenvalue weighted by molar-refractivity contribution is -0.274. The number of benzene rings is 1. The lowest BCUT2D eigenvalue weighted by atomic mass is 10.1. The van der Waals surface area contributed by atoms with Crippen LogP contribution in [0.5, 0.6) is 11.5 Å². The third-order valence-electron chi connectivity index (χ3n) is 2.96. The Labute approximate surface area is 124 Å². The van der Waals surface area contributed by atoms with Crippen LogP contribution >= 0.6 is 0 Å². The summed E-state index contributed by atoms with van der Waals surface area (Å²) >= 11 is 0. The van der Waals surface area contributed by atoms with Crippen LogP contribution in [0.1, 0.15) is 23.3 Å². The van der Waals surface area contributed by atoms with E-state index in [1.54, 1.807) is 13.1 Å². The quantitative estimate of drug-likeness (QED) is 0.795. The number of hydrogen-bond acceptors (Lipinski definition) is 4. The number of methoxy groups -OCH3 is 1. The van der Waals surface area contributed by atoms with E-state index < -0.39 is 12.4 Å². The van der Waals surface area contributed by atoms with Gasteiger partial charge in [0, 0.05) is 5.56 Å². The summed E-state index contributed by atoms with van der Waals surface area (Å²) in [5.41, 5.74) is 0.261. The number of ketones is 1. The zero-order valence-electron chi connectivity index (χ0n) is 11.8. The van der Waals surface area contributed by atoms with Crippen molar-refractivity contribution in [3.05, 3.63) is 42.2 Å². The third-order valence-corrected chi connectivity index (χ3v) is 2.96. The van der Waals surface area contributed by atoms with Crippen molar-refractivity contribution in [3.8, 4) is 11.5 Å². The fourth-order valence-electron chi connectivity index (χ4n) is 1.82. The number of alkyl halides is 3. The molecule has 1 aromatic carbocycles. The van der Waals surface area contributed by atoms with Crippen molar-refractivity contribution in [2.45, 2.75) is 19.3 Å². The van der Waals surface area contributed by atoms with Crippen LogP contribution in [-0.2, 0) is 0 Å². The van der Waals surface area contributed by atoms with Gasteiger partial charge in [0.15, 0.2) is 11.5 Å². The molecule has 0 radical (unpaired) electrons. The van der Waals surface area contributed by atoms with E-state index in [0.717, 1.165) is 12.1 Å². The van der Waals surface area contributed by atoms with Gasteiger partial charge in [0.2, 0.25) is 0 Å². The number of rotatable bonds is 5. The van der Waals surface area contributed by atoms with Crippen LogP contribution in [0.15, 0.2) is 36.7 Å². The van der Waals surface area contributed by atoms with E-state index in [-0.39, 0.29) is 17.1 Å². The Morgan fingerprint density at radius 2 is 1.86 bits per heavy atom. The molecule has 8 heteroatoms. The van der Waals surface area contributed by atoms with Crippen molar-refractivity contribution in [2.75, 3.05) is 7.11 Å². The first-order valence-electron chi connectivity index (χ1n) is 6.28. The van der Waals surface area contributed by atoms with Crippen molar-refractivity contribution in [1.82, 2.24) is 9.78 Å². The van der Waals surface area contributed by atoms with Gasteiger partial charge in [0.25, 0.3) is 0 Å². The Hall–Kier alpha value is -2.51. The maximum atomic E-state index is 12.3. The number of Topliss-reactive ketones (excluding diaryl/α,β-unsaturated/α-hetero) is 1. The summed E-state index contributed by atoms with van der Waals surface area (Å²) in [5.74, 6) is -0.157. The Morgan fingerprint density at radius 1 is 1.23 bits per heavy atom. The largest absolute Gasteiger partial charge is 0.573 e. The molecule has 1 aromatic heterocycles. The van der Waals surface area contributed by atoms with E-state index in [0.29, 0.717) is 5.75 Å². The zero-order valence-corrected chi connectivity index (χ0v) is 11.8. The van der Waals surface area contributed by atoms with E-state index in [9.17, 15) is 18.0 Å². The Morgan fingerprint density at radius 3 is 2.36 bits per heavy atom. The molecule has 118 valence electrons. The number of ether oxygens (including phenoxy) is 2. The molecule has 0 saturated carbocycles. The molecule has 2 rings (SSSR count). The van der Waals surface area contributed by atoms with E-state index in [4.69, 9.17) is 4.74 Å². The average Bonchev–Trinajstić information content (AvgIpc) is 2.94. The van der Waals surface area contributed by atoms with Gasteiger partial charge in [-0.15, -0.1) is 13.2 Å². The summed E-state index contributed by atoms with van der Waals surface area (Å²) in [7, 11) is 1.48. The van der Waals surface area contributed by atoms with Gasteiger partial charge in [-0.05, 0) is 31.2 Å². The molecule has 5 nitrogen and oxygen atoms in total. The monoisotopic (exact) mass is 314 g/mol. The van der Waals surface area contributed by atoms with Crippen LogP contribution in [0.2, 0.25) is 0 Å². The van der Waals surface area contributed by atoms with Gasteiger partial charge in [0.1, 0.15) is 11.8 Å². The van der Waals surface area contributed by atoms with Gasteiger partial charge >= 0.3 is 6.36 Å². The molecule has 1 heterocycles. The van der Waals surface area contributed by atoms with Gasteiger partial charge in [0.05, 0.1) is 19.5 Å². The highest BCUT2D eigenvalue weighted by Crippen LogP contribution is 2.24. The highest BCUT2D eigenvalue weighted by atomic mass is 19.4. The second-order valence-corrected chi connectivity index (χ2v) is 4.47. The summed E-state index contributed by atoms with van der Waals surface area (Å²) in [6.07, 6.45) is -1.74. The molecule has 1 atom stereocenters. The van der Waals surface area contributed by atoms with Gasteiger partial charge in [-0.1, -0.05) is 0 Å². The molecule has 0 unspecified atom stereocenters. The lowest BCUT2D eigenvalue weighted by Crippen LogP contribution is -2.18. The number of carbonyl (C=O) groups excluding carboxylic acids is 1. The standard InChI is InChI=1S/C14H13F3N2O3/c1-9(19-8-12(21-2)7-18-19)13(20)10-3-5-11(6-4-10)22-14(15,16)17/h3-9H,1-2H3/t9-/m0/s1. The highest BCUT2D eigenvalue weighted by molar-refractivity contribution is 5.98. The Balaban J connectivity index is 2.12. The number of nitrogens with zero attached hydrogens (tertiary/aromatic N) is 2. The van der Waals surface area contributed by atoms with Gasteiger partial charge < -0.3 is 9.47 Å². The van der Waals surface area contributed by atoms with Crippen LogP contribution in [0, 0.1) is 0 Å². The molecule has 0 spiro atoms. The fourth-order valence-corrected chi connectivity index (χ4v) is 1.82. The molecule has 0 aliphatic rings. The minimum absolute atomic E-state index is 0.261. The maximum Gasteiger partial charge on any atom is 0.573 e. The van der Waals surface area contributed by atoms with Crippen molar-refractivity contribution >= 4 is 5.78 Å². The smallest absolute Gasteiger partial charge is 0.493 e. The summed E-state index contributed by atoms with van der Waals surface area (Å²) in [4.78, 5) is 12.3. The van der Waals surface area contributed by atoms with Crippen LogP contribution in [0.25, 0.3) is 0 Å². The van der Waals surface area contributed by atoms with Gasteiger partial charge in [-0.2, -0.15) is 5.10 Å². The summed E-state index contributed by atoms with van der Waals surface area (Å²) in [6.45, 7) is 1.63. The van der Waals surface area contributed by atoms with Crippen LogP contribution in [0.4, 0.5) is 13.2 Å². The maximum absolute atomic E-state index is 12.3.